The van der Waals surface area contributed by atoms with E-state index in [-0.39, 0.29) is 12.2 Å². The van der Waals surface area contributed by atoms with E-state index in [1.165, 1.54) is 0 Å². The molecule has 1 rings (SSSR count). The van der Waals surface area contributed by atoms with Gasteiger partial charge in [-0.25, -0.2) is 0 Å². The Morgan fingerprint density at radius 3 is 2.50 bits per heavy atom. The number of halogens is 1. The Bertz CT molecular complexity index is 145. The smallest absolute Gasteiger partial charge is 0.0911 e. The molecule has 0 saturated heterocycles. The molecule has 1 aliphatic rings. The van der Waals surface area contributed by atoms with Crippen molar-refractivity contribution in [3.8, 4) is 0 Å². The van der Waals surface area contributed by atoms with Crippen molar-refractivity contribution >= 4 is 15.9 Å². The Labute approximate surface area is 69.3 Å². The lowest BCUT2D eigenvalue weighted by atomic mass is 10.3. The third kappa shape index (κ3) is 1.59. The maximum Gasteiger partial charge on any atom is 0.0911 e. The molecule has 0 bridgehead atoms. The first kappa shape index (κ1) is 8.24. The van der Waals surface area contributed by atoms with Crippen LogP contribution in [0.5, 0.6) is 0 Å². The van der Waals surface area contributed by atoms with E-state index in [2.05, 4.69) is 15.9 Å². The Hall–Kier alpha value is 0.140. The van der Waals surface area contributed by atoms with Gasteiger partial charge in [0.2, 0.25) is 0 Å². The molecule has 10 heavy (non-hydrogen) atoms. The van der Waals surface area contributed by atoms with Crippen LogP contribution in [0.2, 0.25) is 0 Å². The maximum absolute atomic E-state index is 5.16. The minimum Gasteiger partial charge on any atom is -0.377 e. The number of ether oxygens (including phenoxy) is 2. The van der Waals surface area contributed by atoms with Crippen LogP contribution >= 0.6 is 15.9 Å². The van der Waals surface area contributed by atoms with Crippen LogP contribution in [-0.4, -0.2) is 26.4 Å². The lowest BCUT2D eigenvalue weighted by Gasteiger charge is -2.09. The summed E-state index contributed by atoms with van der Waals surface area (Å²) in [6.45, 7) is 0. The highest BCUT2D eigenvalue weighted by molar-refractivity contribution is 9.11. The zero-order chi connectivity index (χ0) is 7.56. The molecule has 3 heteroatoms. The highest BCUT2D eigenvalue weighted by Gasteiger charge is 2.23. The largest absolute Gasteiger partial charge is 0.377 e. The minimum atomic E-state index is 0.199. The molecule has 2 atom stereocenters. The van der Waals surface area contributed by atoms with Gasteiger partial charge >= 0.3 is 0 Å². The second kappa shape index (κ2) is 3.51. The summed E-state index contributed by atoms with van der Waals surface area (Å²) in [5.41, 5.74) is 0. The normalized spacial score (nSPS) is 32.5. The van der Waals surface area contributed by atoms with Crippen molar-refractivity contribution in [2.45, 2.75) is 18.6 Å². The van der Waals surface area contributed by atoms with Crippen molar-refractivity contribution in [2.24, 2.45) is 0 Å². The van der Waals surface area contributed by atoms with Crippen LogP contribution < -0.4 is 0 Å². The van der Waals surface area contributed by atoms with Crippen molar-refractivity contribution in [1.82, 2.24) is 0 Å². The van der Waals surface area contributed by atoms with Crippen LogP contribution in [0.25, 0.3) is 0 Å². The summed E-state index contributed by atoms with van der Waals surface area (Å²) >= 11 is 3.40. The van der Waals surface area contributed by atoms with Crippen molar-refractivity contribution in [2.75, 3.05) is 14.2 Å². The number of hydrogen-bond acceptors (Lipinski definition) is 2. The average Bonchev–Trinajstić information content (AvgIpc) is 2.30. The second-order valence-electron chi connectivity index (χ2n) is 2.29. The summed E-state index contributed by atoms with van der Waals surface area (Å²) in [6, 6.07) is 0. The molecule has 0 unspecified atom stereocenters. The first-order valence-corrected chi connectivity index (χ1v) is 4.00. The molecule has 0 aromatic carbocycles. The van der Waals surface area contributed by atoms with E-state index >= 15 is 0 Å². The quantitative estimate of drug-likeness (QED) is 0.686. The average molecular weight is 207 g/mol. The monoisotopic (exact) mass is 206 g/mol. The molecule has 0 heterocycles. The van der Waals surface area contributed by atoms with Gasteiger partial charge in [0, 0.05) is 25.1 Å². The highest BCUT2D eigenvalue weighted by atomic mass is 79.9. The molecule has 0 aromatic heterocycles. The van der Waals surface area contributed by atoms with Crippen LogP contribution in [0.3, 0.4) is 0 Å². The number of methoxy groups -OCH3 is 2. The molecule has 1 aliphatic carbocycles. The first-order chi connectivity index (χ1) is 4.77. The predicted molar refractivity (Wildman–Crippen MR) is 43.2 cm³/mol. The molecular weight excluding hydrogens is 196 g/mol. The zero-order valence-corrected chi connectivity index (χ0v) is 7.72. The van der Waals surface area contributed by atoms with Crippen LogP contribution in [-0.2, 0) is 9.47 Å². The molecule has 0 radical (unpaired) electrons. The molecule has 0 N–H and O–H groups in total. The fourth-order valence-corrected chi connectivity index (χ4v) is 1.72. The van der Waals surface area contributed by atoms with E-state index in [9.17, 15) is 0 Å². The summed E-state index contributed by atoms with van der Waals surface area (Å²) in [4.78, 5) is 0. The van der Waals surface area contributed by atoms with Crippen molar-refractivity contribution < 1.29 is 9.47 Å². The molecule has 0 aliphatic heterocycles. The Morgan fingerprint density at radius 2 is 2.20 bits per heavy atom. The van der Waals surface area contributed by atoms with Gasteiger partial charge in [0.05, 0.1) is 12.2 Å². The Balaban J connectivity index is 2.50. The zero-order valence-electron chi connectivity index (χ0n) is 6.13. The Morgan fingerprint density at radius 1 is 1.50 bits per heavy atom. The van der Waals surface area contributed by atoms with Crippen LogP contribution in [0.1, 0.15) is 6.42 Å². The molecule has 58 valence electrons. The molecular formula is C7H11BrO2. The topological polar surface area (TPSA) is 18.5 Å². The summed E-state index contributed by atoms with van der Waals surface area (Å²) in [6.07, 6.45) is 3.38. The van der Waals surface area contributed by atoms with Gasteiger partial charge in [-0.2, -0.15) is 0 Å². The van der Waals surface area contributed by atoms with Crippen LogP contribution in [0.15, 0.2) is 10.6 Å². The van der Waals surface area contributed by atoms with Crippen molar-refractivity contribution in [1.29, 1.82) is 0 Å². The standard InChI is InChI=1S/C7H11BrO2/c1-9-5-3-6(8)7(4-5)10-2/h3,5,7H,4H2,1-2H3/t5-,7+/m1/s1. The van der Waals surface area contributed by atoms with Gasteiger partial charge < -0.3 is 9.47 Å². The van der Waals surface area contributed by atoms with Crippen molar-refractivity contribution in [3.05, 3.63) is 10.6 Å². The van der Waals surface area contributed by atoms with Crippen LogP contribution in [0.4, 0.5) is 0 Å². The Kier molecular flexibility index (Phi) is 2.89. The number of hydrogen-bond donors (Lipinski definition) is 0. The van der Waals surface area contributed by atoms with Crippen molar-refractivity contribution in [3.63, 3.8) is 0 Å². The van der Waals surface area contributed by atoms with Crippen LogP contribution in [0, 0.1) is 0 Å². The predicted octanol–water partition coefficient (Wildman–Crippen LogP) is 1.70. The van der Waals surface area contributed by atoms with Gasteiger partial charge in [-0.15, -0.1) is 0 Å². The van der Waals surface area contributed by atoms with Gasteiger partial charge in [-0.05, 0) is 6.08 Å². The molecule has 0 saturated carbocycles. The first-order valence-electron chi connectivity index (χ1n) is 3.20. The van der Waals surface area contributed by atoms with E-state index in [1.807, 2.05) is 6.08 Å². The lowest BCUT2D eigenvalue weighted by Crippen LogP contribution is -2.11. The molecule has 0 fully saturated rings. The van der Waals surface area contributed by atoms with Gasteiger partial charge in [0.15, 0.2) is 0 Å². The van der Waals surface area contributed by atoms with Gasteiger partial charge in [-0.1, -0.05) is 15.9 Å². The fraction of sp³-hybridized carbons (Fsp3) is 0.714. The third-order valence-electron chi connectivity index (χ3n) is 1.69. The van der Waals surface area contributed by atoms with E-state index in [1.54, 1.807) is 14.2 Å². The molecule has 0 amide bonds. The van der Waals surface area contributed by atoms with Gasteiger partial charge in [0.25, 0.3) is 0 Å². The molecule has 0 aromatic rings. The molecule has 0 spiro atoms. The van der Waals surface area contributed by atoms with E-state index in [0.717, 1.165) is 10.9 Å². The lowest BCUT2D eigenvalue weighted by molar-refractivity contribution is 0.0798. The summed E-state index contributed by atoms with van der Waals surface area (Å²) in [5, 5.41) is 0. The fourth-order valence-electron chi connectivity index (χ4n) is 1.05. The highest BCUT2D eigenvalue weighted by Crippen LogP contribution is 2.27. The second-order valence-corrected chi connectivity index (χ2v) is 3.20. The number of rotatable bonds is 2. The summed E-state index contributed by atoms with van der Waals surface area (Å²) in [5.74, 6) is 0. The maximum atomic E-state index is 5.16. The third-order valence-corrected chi connectivity index (χ3v) is 2.46. The van der Waals surface area contributed by atoms with E-state index in [4.69, 9.17) is 9.47 Å². The van der Waals surface area contributed by atoms with E-state index in [0.29, 0.717) is 0 Å². The molecule has 2 nitrogen and oxygen atoms in total. The van der Waals surface area contributed by atoms with E-state index < -0.39 is 0 Å². The minimum absolute atomic E-state index is 0.199. The summed E-state index contributed by atoms with van der Waals surface area (Å²) < 4.78 is 11.4. The summed E-state index contributed by atoms with van der Waals surface area (Å²) in [7, 11) is 3.41. The van der Waals surface area contributed by atoms with Gasteiger partial charge in [0.1, 0.15) is 0 Å². The van der Waals surface area contributed by atoms with Gasteiger partial charge in [-0.3, -0.25) is 0 Å². The SMILES string of the molecule is CO[C@@H]1C=C(Br)[C@@H](OC)C1.